The molecular weight excluding hydrogens is 657 g/mol. The summed E-state index contributed by atoms with van der Waals surface area (Å²) in [4.78, 5) is 20.0. The molecule has 1 fully saturated rings. The highest BCUT2D eigenvalue weighted by molar-refractivity contribution is 7.71. The molecule has 2 atom stereocenters. The average molecular weight is 718 g/mol. The van der Waals surface area contributed by atoms with Gasteiger partial charge in [-0.2, -0.15) is 0 Å². The molecule has 1 aliphatic rings. The van der Waals surface area contributed by atoms with Gasteiger partial charge in [-0.3, -0.25) is 0 Å². The summed E-state index contributed by atoms with van der Waals surface area (Å²) < 4.78 is 37.1. The molecule has 0 radical (unpaired) electrons. The van der Waals surface area contributed by atoms with Crippen LogP contribution in [0.25, 0.3) is 28.1 Å². The molecule has 2 unspecified atom stereocenters. The zero-order valence-corrected chi connectivity index (χ0v) is 33.1. The van der Waals surface area contributed by atoms with Gasteiger partial charge in [-0.1, -0.05) is 58.8 Å². The Morgan fingerprint density at radius 1 is 1.06 bits per heavy atom. The lowest BCUT2D eigenvalue weighted by atomic mass is 9.86. The molecule has 0 aliphatic carbocycles. The van der Waals surface area contributed by atoms with Crippen molar-refractivity contribution in [3.8, 4) is 11.1 Å². The predicted octanol–water partition coefficient (Wildman–Crippen LogP) is 10.1. The maximum Gasteiger partial charge on any atom is 0.405 e. The van der Waals surface area contributed by atoms with E-state index in [1.54, 1.807) is 26.8 Å². The monoisotopic (exact) mass is 717 g/mol. The van der Waals surface area contributed by atoms with E-state index in [1.165, 1.54) is 19.5 Å². The van der Waals surface area contributed by atoms with Crippen LogP contribution in [0.4, 0.5) is 19.4 Å². The van der Waals surface area contributed by atoms with Gasteiger partial charge in [-0.15, -0.1) is 0 Å². The number of aliphatic hydroxyl groups is 1. The first-order chi connectivity index (χ1) is 23.5. The summed E-state index contributed by atoms with van der Waals surface area (Å²) in [6.45, 7) is 21.2. The smallest absolute Gasteiger partial charge is 0.405 e. The number of allylic oxidation sites excluding steroid dienone is 1. The fraction of sp³-hybridized carbons (Fsp3) is 0.564. The summed E-state index contributed by atoms with van der Waals surface area (Å²) in [5.74, 6) is -0.445. The Labute approximate surface area is 303 Å². The summed E-state index contributed by atoms with van der Waals surface area (Å²) in [7, 11) is 1.50. The largest absolute Gasteiger partial charge is 0.444 e. The third-order valence-electron chi connectivity index (χ3n) is 8.14. The lowest BCUT2D eigenvalue weighted by molar-refractivity contribution is 0.0600. The Bertz CT molecular complexity index is 1650. The molecule has 0 saturated carbocycles. The van der Waals surface area contributed by atoms with Gasteiger partial charge in [0.2, 0.25) is 0 Å². The summed E-state index contributed by atoms with van der Waals surface area (Å²) in [5.41, 5.74) is 13.0. The van der Waals surface area contributed by atoms with Gasteiger partial charge >= 0.3 is 6.09 Å². The lowest BCUT2D eigenvalue weighted by Gasteiger charge is -2.32. The van der Waals surface area contributed by atoms with Gasteiger partial charge < -0.3 is 31.2 Å². The van der Waals surface area contributed by atoms with Gasteiger partial charge in [0.1, 0.15) is 17.2 Å². The molecule has 2 heterocycles. The average Bonchev–Trinajstić information content (AvgIpc) is 3.46. The van der Waals surface area contributed by atoms with E-state index in [1.807, 2.05) is 33.8 Å². The van der Waals surface area contributed by atoms with E-state index < -0.39 is 23.3 Å². The molecule has 2 aromatic carbocycles. The Morgan fingerprint density at radius 2 is 1.60 bits per heavy atom. The van der Waals surface area contributed by atoms with Crippen molar-refractivity contribution in [1.29, 1.82) is 0 Å². The highest BCUT2D eigenvalue weighted by atomic mass is 32.1. The van der Waals surface area contributed by atoms with Crippen LogP contribution in [-0.2, 0) is 17.8 Å². The number of aromatic amines is 1. The molecule has 0 bridgehead atoms. The van der Waals surface area contributed by atoms with Gasteiger partial charge in [0.25, 0.3) is 0 Å². The molecule has 3 aromatic rings. The number of fused-ring (bicyclic) bond motifs is 1. The Hall–Kier alpha value is -3.41. The number of carbonyl (C=O) groups excluding carboxylic acids is 1. The van der Waals surface area contributed by atoms with Crippen LogP contribution in [0.5, 0.6) is 0 Å². The van der Waals surface area contributed by atoms with E-state index in [9.17, 15) is 9.90 Å². The van der Waals surface area contributed by atoms with Gasteiger partial charge in [0.15, 0.2) is 10.6 Å². The molecular formula is C39H61F2N5O3S. The quantitative estimate of drug-likeness (QED) is 0.179. The zero-order valence-electron chi connectivity index (χ0n) is 32.3. The number of H-pyrrole nitrogens is 1. The van der Waals surface area contributed by atoms with Gasteiger partial charge in [-0.05, 0) is 121 Å². The maximum absolute atomic E-state index is 16.8. The van der Waals surface area contributed by atoms with Crippen molar-refractivity contribution < 1.29 is 23.4 Å². The van der Waals surface area contributed by atoms with Crippen LogP contribution in [0.1, 0.15) is 124 Å². The maximum atomic E-state index is 16.8. The SMILES string of the molecule is CC(C)(C)OC(N)=O.CCC.CCc1c(-c2c(F)ccc(C)c2C=C(C)C)c(F)c2[nH]c(=S)nc(N3C(CC)CCC3CC)c2c1CO.CN. The number of hydrogen-bond donors (Lipinski definition) is 4. The van der Waals surface area contributed by atoms with E-state index in [-0.39, 0.29) is 40.1 Å². The van der Waals surface area contributed by atoms with Crippen molar-refractivity contribution in [3.05, 3.63) is 56.4 Å². The number of benzene rings is 2. The molecule has 4 rings (SSSR count). The van der Waals surface area contributed by atoms with E-state index in [4.69, 9.17) is 22.9 Å². The van der Waals surface area contributed by atoms with Crippen molar-refractivity contribution in [2.45, 2.75) is 139 Å². The van der Waals surface area contributed by atoms with Gasteiger partial charge in [0.05, 0.1) is 12.1 Å². The second kappa shape index (κ2) is 20.4. The standard InChI is InChI=1S/C30H37F2N3OS.C5H11NO2.C3H8.CH5N/c1-7-18-11-12-19(8-2)35(18)29-26-22(15-36)20(9-3)25(27(32)28(26)33-30(37)34-29)24-21(14-16(4)5)17(6)10-13-23(24)31;1-5(2,3)8-4(6)7;1-3-2;1-2/h10,13-14,18-19,36H,7-9,11-12,15H2,1-6H3,(H,33,34,37);1-3H3,(H2,6,7);3H2,1-2H3;2H2,1H3. The minimum atomic E-state index is -0.725. The summed E-state index contributed by atoms with van der Waals surface area (Å²) in [6.07, 6.45) is 6.75. The molecule has 0 spiro atoms. The van der Waals surface area contributed by atoms with E-state index in [0.717, 1.165) is 36.8 Å². The van der Waals surface area contributed by atoms with E-state index >= 15 is 8.78 Å². The number of aromatic nitrogens is 2. The number of rotatable bonds is 7. The number of carbonyl (C=O) groups is 1. The molecule has 1 aliphatic heterocycles. The molecule has 1 aromatic heterocycles. The number of halogens is 2. The fourth-order valence-electron chi connectivity index (χ4n) is 6.32. The number of hydrogen-bond acceptors (Lipinski definition) is 7. The minimum Gasteiger partial charge on any atom is -0.444 e. The molecule has 50 heavy (non-hydrogen) atoms. The molecule has 11 heteroatoms. The van der Waals surface area contributed by atoms with E-state index in [0.29, 0.717) is 34.3 Å². The van der Waals surface area contributed by atoms with E-state index in [2.05, 4.69) is 48.0 Å². The van der Waals surface area contributed by atoms with Crippen LogP contribution < -0.4 is 16.4 Å². The van der Waals surface area contributed by atoms with Crippen molar-refractivity contribution in [1.82, 2.24) is 9.97 Å². The highest BCUT2D eigenvalue weighted by Gasteiger charge is 2.35. The van der Waals surface area contributed by atoms with Crippen molar-refractivity contribution in [3.63, 3.8) is 0 Å². The third kappa shape index (κ3) is 11.0. The Morgan fingerprint density at radius 3 is 2.00 bits per heavy atom. The van der Waals surface area contributed by atoms with Crippen LogP contribution >= 0.6 is 12.2 Å². The molecule has 8 nitrogen and oxygen atoms in total. The van der Waals surface area contributed by atoms with Crippen LogP contribution in [0, 0.1) is 23.3 Å². The lowest BCUT2D eigenvalue weighted by Crippen LogP contribution is -2.36. The van der Waals surface area contributed by atoms with Crippen molar-refractivity contribution >= 4 is 41.1 Å². The van der Waals surface area contributed by atoms with Crippen molar-refractivity contribution in [2.24, 2.45) is 11.5 Å². The normalized spacial score (nSPS) is 15.2. The van der Waals surface area contributed by atoms with Crippen molar-refractivity contribution in [2.75, 3.05) is 11.9 Å². The number of anilines is 1. The summed E-state index contributed by atoms with van der Waals surface area (Å²) in [6, 6.07) is 3.62. The summed E-state index contributed by atoms with van der Waals surface area (Å²) in [5, 5.41) is 11.3. The number of aryl methyl sites for hydroxylation is 1. The van der Waals surface area contributed by atoms with Gasteiger partial charge in [0, 0.05) is 28.6 Å². The van der Waals surface area contributed by atoms with Crippen LogP contribution in [-0.4, -0.2) is 45.9 Å². The number of primary amides is 1. The molecule has 280 valence electrons. The second-order valence-corrected chi connectivity index (χ2v) is 13.9. The van der Waals surface area contributed by atoms with Gasteiger partial charge in [-0.25, -0.2) is 18.6 Å². The second-order valence-electron chi connectivity index (χ2n) is 13.5. The minimum absolute atomic E-state index is 0.173. The predicted molar refractivity (Wildman–Crippen MR) is 208 cm³/mol. The molecule has 6 N–H and O–H groups in total. The first kappa shape index (κ1) is 44.6. The number of ether oxygens (including phenoxy) is 1. The summed E-state index contributed by atoms with van der Waals surface area (Å²) >= 11 is 5.50. The van der Waals surface area contributed by atoms with Crippen LogP contribution in [0.15, 0.2) is 17.7 Å². The number of nitrogens with two attached hydrogens (primary N) is 2. The van der Waals surface area contributed by atoms with Crippen LogP contribution in [0.2, 0.25) is 0 Å². The molecule has 1 saturated heterocycles. The topological polar surface area (TPSA) is 130 Å². The first-order valence-corrected chi connectivity index (χ1v) is 18.1. The third-order valence-corrected chi connectivity index (χ3v) is 8.33. The molecule has 1 amide bonds. The van der Waals surface area contributed by atoms with Crippen LogP contribution in [0.3, 0.4) is 0 Å². The first-order valence-electron chi connectivity index (χ1n) is 17.7. The number of aliphatic hydroxyl groups excluding tert-OH is 1. The zero-order chi connectivity index (χ0) is 38.5. The fourth-order valence-corrected chi connectivity index (χ4v) is 6.51. The number of nitrogens with one attached hydrogen (secondary N) is 1. The Balaban J connectivity index is 0.000000827. The number of nitrogens with zero attached hydrogens (tertiary/aromatic N) is 2. The number of amides is 1. The highest BCUT2D eigenvalue weighted by Crippen LogP contribution is 2.44. The Kier molecular flexibility index (Phi) is 18.2.